The number of aromatic hydroxyl groups is 2. The predicted octanol–water partition coefficient (Wildman–Crippen LogP) is 5.34. The standard InChI is InChI=1S/C18H30O2/c1-3-5-7-9-11-15-13-14-17(19)16(18(15)20)12-10-8-6-4-2/h13-14,19-20H,3-12H2,1-2H3. The molecule has 0 amide bonds. The van der Waals surface area contributed by atoms with Crippen molar-refractivity contribution in [3.8, 4) is 11.5 Å². The van der Waals surface area contributed by atoms with E-state index in [0.717, 1.165) is 43.2 Å². The Morgan fingerprint density at radius 2 is 1.35 bits per heavy atom. The fraction of sp³-hybridized carbons (Fsp3) is 0.667. The van der Waals surface area contributed by atoms with Gasteiger partial charge in [-0.2, -0.15) is 0 Å². The van der Waals surface area contributed by atoms with E-state index in [4.69, 9.17) is 0 Å². The average molecular weight is 278 g/mol. The third-order valence-corrected chi connectivity index (χ3v) is 3.92. The molecule has 0 aliphatic rings. The van der Waals surface area contributed by atoms with Gasteiger partial charge >= 0.3 is 0 Å². The van der Waals surface area contributed by atoms with E-state index in [1.165, 1.54) is 32.1 Å². The molecule has 2 nitrogen and oxygen atoms in total. The van der Waals surface area contributed by atoms with Gasteiger partial charge in [-0.1, -0.05) is 58.4 Å². The summed E-state index contributed by atoms with van der Waals surface area (Å²) in [7, 11) is 0. The minimum absolute atomic E-state index is 0.247. The van der Waals surface area contributed by atoms with E-state index in [2.05, 4.69) is 13.8 Å². The summed E-state index contributed by atoms with van der Waals surface area (Å²) in [5.74, 6) is 0.578. The van der Waals surface area contributed by atoms with Crippen LogP contribution >= 0.6 is 0 Å². The molecule has 0 saturated carbocycles. The monoisotopic (exact) mass is 278 g/mol. The quantitative estimate of drug-likeness (QED) is 0.567. The van der Waals surface area contributed by atoms with Gasteiger partial charge in [0.2, 0.25) is 0 Å². The zero-order valence-corrected chi connectivity index (χ0v) is 13.1. The van der Waals surface area contributed by atoms with Gasteiger partial charge in [0.15, 0.2) is 0 Å². The van der Waals surface area contributed by atoms with Crippen molar-refractivity contribution in [3.05, 3.63) is 23.3 Å². The van der Waals surface area contributed by atoms with Crippen LogP contribution in [0.1, 0.15) is 76.3 Å². The van der Waals surface area contributed by atoms with Gasteiger partial charge in [-0.25, -0.2) is 0 Å². The fourth-order valence-corrected chi connectivity index (χ4v) is 2.59. The highest BCUT2D eigenvalue weighted by Crippen LogP contribution is 2.33. The highest BCUT2D eigenvalue weighted by molar-refractivity contribution is 5.48. The van der Waals surface area contributed by atoms with Crippen LogP contribution in [-0.2, 0) is 12.8 Å². The summed E-state index contributed by atoms with van der Waals surface area (Å²) >= 11 is 0. The smallest absolute Gasteiger partial charge is 0.125 e. The first-order chi connectivity index (χ1) is 9.70. The van der Waals surface area contributed by atoms with Crippen molar-refractivity contribution >= 4 is 0 Å². The molecule has 2 heteroatoms. The predicted molar refractivity (Wildman–Crippen MR) is 85.5 cm³/mol. The molecule has 1 rings (SSSR count). The number of phenols is 2. The number of hydrogen-bond donors (Lipinski definition) is 2. The number of phenolic OH excluding ortho intramolecular Hbond substituents is 2. The van der Waals surface area contributed by atoms with Crippen LogP contribution < -0.4 is 0 Å². The van der Waals surface area contributed by atoms with Crippen molar-refractivity contribution in [2.24, 2.45) is 0 Å². The summed E-state index contributed by atoms with van der Waals surface area (Å²) < 4.78 is 0. The first kappa shape index (κ1) is 16.9. The van der Waals surface area contributed by atoms with Crippen LogP contribution in [0.3, 0.4) is 0 Å². The Bertz CT molecular complexity index is 385. The van der Waals surface area contributed by atoms with Crippen molar-refractivity contribution in [3.63, 3.8) is 0 Å². The molecule has 0 unspecified atom stereocenters. The lowest BCUT2D eigenvalue weighted by molar-refractivity contribution is 0.430. The maximum atomic E-state index is 10.3. The maximum Gasteiger partial charge on any atom is 0.125 e. The van der Waals surface area contributed by atoms with Crippen LogP contribution in [0, 0.1) is 0 Å². The zero-order chi connectivity index (χ0) is 14.8. The van der Waals surface area contributed by atoms with E-state index >= 15 is 0 Å². The van der Waals surface area contributed by atoms with Gasteiger partial charge in [-0.3, -0.25) is 0 Å². The number of aryl methyl sites for hydroxylation is 1. The molecule has 1 aromatic carbocycles. The number of benzene rings is 1. The third kappa shape index (κ3) is 5.44. The number of rotatable bonds is 10. The maximum absolute atomic E-state index is 10.3. The lowest BCUT2D eigenvalue weighted by Gasteiger charge is -2.12. The van der Waals surface area contributed by atoms with E-state index in [-0.39, 0.29) is 5.75 Å². The third-order valence-electron chi connectivity index (χ3n) is 3.92. The molecular weight excluding hydrogens is 248 g/mol. The molecule has 0 aliphatic heterocycles. The van der Waals surface area contributed by atoms with Crippen LogP contribution in [0.2, 0.25) is 0 Å². The summed E-state index contributed by atoms with van der Waals surface area (Å²) in [6.45, 7) is 4.39. The lowest BCUT2D eigenvalue weighted by atomic mass is 9.98. The largest absolute Gasteiger partial charge is 0.508 e. The molecule has 0 heterocycles. The fourth-order valence-electron chi connectivity index (χ4n) is 2.59. The molecule has 0 fully saturated rings. The molecule has 0 aliphatic carbocycles. The second kappa shape index (κ2) is 9.68. The summed E-state index contributed by atoms with van der Waals surface area (Å²) in [5, 5.41) is 20.2. The summed E-state index contributed by atoms with van der Waals surface area (Å²) in [6, 6.07) is 3.61. The van der Waals surface area contributed by atoms with E-state index < -0.39 is 0 Å². The first-order valence-corrected chi connectivity index (χ1v) is 8.23. The van der Waals surface area contributed by atoms with E-state index in [0.29, 0.717) is 5.75 Å². The van der Waals surface area contributed by atoms with Gasteiger partial charge in [0, 0.05) is 5.56 Å². The van der Waals surface area contributed by atoms with Gasteiger partial charge in [0.1, 0.15) is 11.5 Å². The van der Waals surface area contributed by atoms with Crippen molar-refractivity contribution in [2.45, 2.75) is 78.1 Å². The Hall–Kier alpha value is -1.18. The Morgan fingerprint density at radius 3 is 1.95 bits per heavy atom. The van der Waals surface area contributed by atoms with E-state index in [9.17, 15) is 10.2 Å². The highest BCUT2D eigenvalue weighted by Gasteiger charge is 2.11. The minimum atomic E-state index is 0.247. The van der Waals surface area contributed by atoms with Crippen molar-refractivity contribution in [1.82, 2.24) is 0 Å². The molecule has 0 atom stereocenters. The van der Waals surface area contributed by atoms with Gasteiger partial charge in [0.05, 0.1) is 0 Å². The van der Waals surface area contributed by atoms with E-state index in [1.807, 2.05) is 6.07 Å². The molecule has 0 bridgehead atoms. The second-order valence-electron chi connectivity index (χ2n) is 5.69. The topological polar surface area (TPSA) is 40.5 Å². The van der Waals surface area contributed by atoms with Gasteiger partial charge in [-0.05, 0) is 37.3 Å². The van der Waals surface area contributed by atoms with Gasteiger partial charge < -0.3 is 10.2 Å². The van der Waals surface area contributed by atoms with Crippen molar-refractivity contribution in [1.29, 1.82) is 0 Å². The number of hydrogen-bond acceptors (Lipinski definition) is 2. The normalized spacial score (nSPS) is 10.9. The molecule has 1 aromatic rings. The minimum Gasteiger partial charge on any atom is -0.508 e. The van der Waals surface area contributed by atoms with Gasteiger partial charge in [0.25, 0.3) is 0 Å². The Kier molecular flexibility index (Phi) is 8.17. The van der Waals surface area contributed by atoms with Crippen LogP contribution in [0.4, 0.5) is 0 Å². The summed E-state index contributed by atoms with van der Waals surface area (Å²) in [5.41, 5.74) is 1.73. The van der Waals surface area contributed by atoms with E-state index in [1.54, 1.807) is 6.07 Å². The molecule has 20 heavy (non-hydrogen) atoms. The Morgan fingerprint density at radius 1 is 0.750 bits per heavy atom. The van der Waals surface area contributed by atoms with Crippen LogP contribution in [0.5, 0.6) is 11.5 Å². The molecule has 0 radical (unpaired) electrons. The molecule has 2 N–H and O–H groups in total. The zero-order valence-electron chi connectivity index (χ0n) is 13.1. The molecule has 0 aromatic heterocycles. The van der Waals surface area contributed by atoms with Gasteiger partial charge in [-0.15, -0.1) is 0 Å². The Labute approximate surface area is 123 Å². The summed E-state index contributed by atoms with van der Waals surface area (Å²) in [4.78, 5) is 0. The molecule has 0 spiro atoms. The molecule has 114 valence electrons. The van der Waals surface area contributed by atoms with Crippen LogP contribution in [-0.4, -0.2) is 10.2 Å². The molecule has 0 saturated heterocycles. The van der Waals surface area contributed by atoms with Crippen LogP contribution in [0.15, 0.2) is 12.1 Å². The first-order valence-electron chi connectivity index (χ1n) is 8.23. The summed E-state index contributed by atoms with van der Waals surface area (Å²) in [6.07, 6.45) is 11.1. The highest BCUT2D eigenvalue weighted by atomic mass is 16.3. The number of unbranched alkanes of at least 4 members (excludes halogenated alkanes) is 6. The van der Waals surface area contributed by atoms with Crippen molar-refractivity contribution in [2.75, 3.05) is 0 Å². The second-order valence-corrected chi connectivity index (χ2v) is 5.69. The molecular formula is C18H30O2. The SMILES string of the molecule is CCCCCCc1ccc(O)c(CCCCCC)c1O. The Balaban J connectivity index is 2.59. The average Bonchev–Trinajstić information content (AvgIpc) is 2.44. The lowest BCUT2D eigenvalue weighted by Crippen LogP contribution is -1.94. The van der Waals surface area contributed by atoms with Crippen molar-refractivity contribution < 1.29 is 10.2 Å². The van der Waals surface area contributed by atoms with Crippen LogP contribution in [0.25, 0.3) is 0 Å².